The fourth-order valence-electron chi connectivity index (χ4n) is 2.25. The highest BCUT2D eigenvalue weighted by atomic mass is 35.5. The molecule has 2 rings (SSSR count). The third-order valence-electron chi connectivity index (χ3n) is 3.51. The fraction of sp³-hybridized carbons (Fsp3) is 0.353. The second-order valence-corrected chi connectivity index (χ2v) is 6.79. The van der Waals surface area contributed by atoms with Crippen molar-refractivity contribution >= 4 is 28.8 Å². The maximum atomic E-state index is 12.1. The van der Waals surface area contributed by atoms with Crippen LogP contribution in [0.5, 0.6) is 17.2 Å². The summed E-state index contributed by atoms with van der Waals surface area (Å²) >= 11 is 7.38. The van der Waals surface area contributed by atoms with Gasteiger partial charge >= 0.3 is 0 Å². The molecule has 0 saturated heterocycles. The van der Waals surface area contributed by atoms with Gasteiger partial charge < -0.3 is 19.5 Å². The van der Waals surface area contributed by atoms with Crippen molar-refractivity contribution in [3.05, 3.63) is 39.0 Å². The smallest absolute Gasteiger partial charge is 0.220 e. The van der Waals surface area contributed by atoms with E-state index in [1.165, 1.54) is 11.3 Å². The average Bonchev–Trinajstić information content (AvgIpc) is 3.02. The lowest BCUT2D eigenvalue weighted by atomic mass is 10.1. The molecule has 1 aromatic carbocycles. The van der Waals surface area contributed by atoms with E-state index >= 15 is 0 Å². The summed E-state index contributed by atoms with van der Waals surface area (Å²) < 4.78 is 16.7. The number of aryl methyl sites for hydroxylation is 1. The predicted octanol–water partition coefficient (Wildman–Crippen LogP) is 3.68. The van der Waals surface area contributed by atoms with Crippen molar-refractivity contribution in [3.8, 4) is 17.2 Å². The first kappa shape index (κ1) is 18.4. The van der Waals surface area contributed by atoms with Gasteiger partial charge in [0.15, 0.2) is 0 Å². The van der Waals surface area contributed by atoms with E-state index < -0.39 is 0 Å². The Morgan fingerprint density at radius 1 is 1.12 bits per heavy atom. The summed E-state index contributed by atoms with van der Waals surface area (Å²) in [6.07, 6.45) is 1.07. The van der Waals surface area contributed by atoms with Crippen LogP contribution in [0.4, 0.5) is 0 Å². The van der Waals surface area contributed by atoms with E-state index in [1.54, 1.807) is 33.5 Å². The number of thiophene rings is 1. The molecule has 7 heteroatoms. The molecule has 1 amide bonds. The first-order valence-electron chi connectivity index (χ1n) is 7.37. The lowest BCUT2D eigenvalue weighted by Gasteiger charge is -2.15. The molecule has 5 nitrogen and oxygen atoms in total. The van der Waals surface area contributed by atoms with Gasteiger partial charge in [0.1, 0.15) is 17.2 Å². The number of nitrogens with one attached hydrogen (secondary N) is 1. The monoisotopic (exact) mass is 369 g/mol. The number of methoxy groups -OCH3 is 3. The van der Waals surface area contributed by atoms with Crippen molar-refractivity contribution < 1.29 is 19.0 Å². The molecule has 1 aromatic heterocycles. The van der Waals surface area contributed by atoms with E-state index in [0.717, 1.165) is 14.8 Å². The van der Waals surface area contributed by atoms with Crippen LogP contribution in [-0.2, 0) is 17.8 Å². The highest BCUT2D eigenvalue weighted by Gasteiger charge is 2.14. The highest BCUT2D eigenvalue weighted by molar-refractivity contribution is 7.16. The van der Waals surface area contributed by atoms with Gasteiger partial charge in [0.2, 0.25) is 5.91 Å². The molecule has 0 fully saturated rings. The van der Waals surface area contributed by atoms with E-state index in [4.69, 9.17) is 25.8 Å². The molecule has 1 heterocycles. The minimum absolute atomic E-state index is 0.0422. The molecule has 0 atom stereocenters. The van der Waals surface area contributed by atoms with Gasteiger partial charge in [0.25, 0.3) is 0 Å². The van der Waals surface area contributed by atoms with Crippen molar-refractivity contribution in [2.45, 2.75) is 19.4 Å². The fourth-order valence-corrected chi connectivity index (χ4v) is 3.34. The maximum Gasteiger partial charge on any atom is 0.220 e. The van der Waals surface area contributed by atoms with E-state index in [9.17, 15) is 4.79 Å². The first-order chi connectivity index (χ1) is 11.6. The van der Waals surface area contributed by atoms with Crippen LogP contribution in [0, 0.1) is 0 Å². The molecular weight excluding hydrogens is 350 g/mol. The Morgan fingerprint density at radius 2 is 1.79 bits per heavy atom. The molecule has 0 saturated carbocycles. The molecule has 24 heavy (non-hydrogen) atoms. The van der Waals surface area contributed by atoms with Crippen LogP contribution in [0.15, 0.2) is 24.3 Å². The second-order valence-electron chi connectivity index (χ2n) is 4.99. The van der Waals surface area contributed by atoms with Crippen LogP contribution < -0.4 is 19.5 Å². The zero-order chi connectivity index (χ0) is 17.5. The quantitative estimate of drug-likeness (QED) is 0.771. The molecule has 0 aliphatic rings. The minimum atomic E-state index is -0.0422. The summed E-state index contributed by atoms with van der Waals surface area (Å²) in [7, 11) is 4.71. The zero-order valence-corrected chi connectivity index (χ0v) is 15.4. The largest absolute Gasteiger partial charge is 0.496 e. The summed E-state index contributed by atoms with van der Waals surface area (Å²) in [5.41, 5.74) is 0.772. The van der Waals surface area contributed by atoms with Gasteiger partial charge in [-0.1, -0.05) is 11.6 Å². The predicted molar refractivity (Wildman–Crippen MR) is 95.6 cm³/mol. The lowest BCUT2D eigenvalue weighted by Crippen LogP contribution is -2.23. The van der Waals surface area contributed by atoms with Gasteiger partial charge in [-0.3, -0.25) is 4.79 Å². The molecule has 0 aliphatic heterocycles. The van der Waals surface area contributed by atoms with Crippen LogP contribution in [0.25, 0.3) is 0 Å². The molecule has 1 N–H and O–H groups in total. The van der Waals surface area contributed by atoms with Gasteiger partial charge in [-0.15, -0.1) is 11.3 Å². The van der Waals surface area contributed by atoms with E-state index in [2.05, 4.69) is 5.32 Å². The number of hydrogen-bond acceptors (Lipinski definition) is 5. The van der Waals surface area contributed by atoms with Crippen LogP contribution >= 0.6 is 22.9 Å². The number of halogens is 1. The van der Waals surface area contributed by atoms with Crippen LogP contribution in [0.2, 0.25) is 4.34 Å². The maximum absolute atomic E-state index is 12.1. The molecule has 0 radical (unpaired) electrons. The standard InChI is InChI=1S/C17H20ClNO4S/c1-21-11-8-14(22-2)13(15(9-11)23-3)10-19-17(20)7-5-12-4-6-16(18)24-12/h4,6,8-9H,5,7,10H2,1-3H3,(H,19,20). The Morgan fingerprint density at radius 3 is 2.29 bits per heavy atom. The SMILES string of the molecule is COc1cc(OC)c(CNC(=O)CCc2ccc(Cl)s2)c(OC)c1. The molecule has 0 aliphatic carbocycles. The summed E-state index contributed by atoms with van der Waals surface area (Å²) in [6.45, 7) is 0.320. The normalized spacial score (nSPS) is 10.3. The van der Waals surface area contributed by atoms with Crippen molar-refractivity contribution in [2.75, 3.05) is 21.3 Å². The Hall–Kier alpha value is -1.92. The molecule has 130 valence electrons. The summed E-state index contributed by atoms with van der Waals surface area (Å²) in [6, 6.07) is 7.30. The van der Waals surface area contributed by atoms with Gasteiger partial charge in [-0.05, 0) is 18.6 Å². The highest BCUT2D eigenvalue weighted by Crippen LogP contribution is 2.33. The molecule has 2 aromatic rings. The Kier molecular flexibility index (Phi) is 6.75. The summed E-state index contributed by atoms with van der Waals surface area (Å²) in [5.74, 6) is 1.81. The third-order valence-corrected chi connectivity index (χ3v) is 4.80. The number of benzene rings is 1. The number of carbonyl (C=O) groups excluding carboxylic acids is 1. The summed E-state index contributed by atoms with van der Waals surface area (Å²) in [4.78, 5) is 13.2. The van der Waals surface area contributed by atoms with Gasteiger partial charge in [-0.2, -0.15) is 0 Å². The van der Waals surface area contributed by atoms with Crippen LogP contribution in [0.1, 0.15) is 16.9 Å². The van der Waals surface area contributed by atoms with E-state index in [-0.39, 0.29) is 5.91 Å². The number of ether oxygens (including phenoxy) is 3. The number of rotatable bonds is 8. The summed E-state index contributed by atoms with van der Waals surface area (Å²) in [5, 5.41) is 2.89. The first-order valence-corrected chi connectivity index (χ1v) is 8.56. The van der Waals surface area contributed by atoms with E-state index in [1.807, 2.05) is 12.1 Å². The van der Waals surface area contributed by atoms with Crippen molar-refractivity contribution in [1.29, 1.82) is 0 Å². The number of hydrogen-bond donors (Lipinski definition) is 1. The van der Waals surface area contributed by atoms with Crippen LogP contribution in [-0.4, -0.2) is 27.2 Å². The Bertz CT molecular complexity index is 677. The lowest BCUT2D eigenvalue weighted by molar-refractivity contribution is -0.121. The third kappa shape index (κ3) is 4.79. The Balaban J connectivity index is 1.98. The number of carbonyl (C=O) groups is 1. The molecule has 0 unspecified atom stereocenters. The molecule has 0 bridgehead atoms. The van der Waals surface area contributed by atoms with Crippen molar-refractivity contribution in [1.82, 2.24) is 5.32 Å². The van der Waals surface area contributed by atoms with Gasteiger partial charge in [0, 0.05) is 23.4 Å². The average molecular weight is 370 g/mol. The Labute approximate surface area is 150 Å². The number of amides is 1. The van der Waals surface area contributed by atoms with E-state index in [0.29, 0.717) is 36.6 Å². The van der Waals surface area contributed by atoms with Gasteiger partial charge in [-0.25, -0.2) is 0 Å². The van der Waals surface area contributed by atoms with Crippen molar-refractivity contribution in [3.63, 3.8) is 0 Å². The van der Waals surface area contributed by atoms with Crippen LogP contribution in [0.3, 0.4) is 0 Å². The minimum Gasteiger partial charge on any atom is -0.496 e. The second kappa shape index (κ2) is 8.80. The topological polar surface area (TPSA) is 56.8 Å². The molecular formula is C17H20ClNO4S. The zero-order valence-electron chi connectivity index (χ0n) is 13.8. The van der Waals surface area contributed by atoms with Gasteiger partial charge in [0.05, 0.1) is 37.8 Å². The molecule has 0 spiro atoms. The van der Waals surface area contributed by atoms with Crippen molar-refractivity contribution in [2.24, 2.45) is 0 Å².